The van der Waals surface area contributed by atoms with E-state index in [-0.39, 0.29) is 11.9 Å². The molecule has 0 bridgehead atoms. The minimum absolute atomic E-state index is 0.0405. The summed E-state index contributed by atoms with van der Waals surface area (Å²) in [6.45, 7) is 11.5. The van der Waals surface area contributed by atoms with E-state index in [1.165, 1.54) is 6.42 Å². The summed E-state index contributed by atoms with van der Waals surface area (Å²) < 4.78 is 0. The third-order valence-electron chi connectivity index (χ3n) is 4.29. The highest BCUT2D eigenvalue weighted by Gasteiger charge is 2.38. The summed E-state index contributed by atoms with van der Waals surface area (Å²) >= 11 is 0. The Labute approximate surface area is 118 Å². The fraction of sp³-hybridized carbons (Fsp3) is 0.933. The molecule has 0 heterocycles. The number of likely N-dealkylation sites (N-methyl/N-ethyl adjacent to an activating group) is 1. The van der Waals surface area contributed by atoms with E-state index in [2.05, 4.69) is 37.9 Å². The molecule has 4 nitrogen and oxygen atoms in total. The smallest absolute Gasteiger partial charge is 0.240 e. The lowest BCUT2D eigenvalue weighted by Gasteiger charge is -2.36. The molecule has 1 rings (SSSR count). The number of carbonyl (C=O) groups is 1. The zero-order valence-electron chi connectivity index (χ0n) is 13.0. The van der Waals surface area contributed by atoms with Gasteiger partial charge in [-0.15, -0.1) is 0 Å². The van der Waals surface area contributed by atoms with Gasteiger partial charge in [0.1, 0.15) is 0 Å². The van der Waals surface area contributed by atoms with Crippen molar-refractivity contribution < 1.29 is 4.79 Å². The first kappa shape index (κ1) is 16.4. The number of hydrogen-bond donors (Lipinski definition) is 2. The molecule has 1 aliphatic carbocycles. The normalized spacial score (nSPS) is 29.3. The van der Waals surface area contributed by atoms with E-state index in [9.17, 15) is 4.79 Å². The van der Waals surface area contributed by atoms with Crippen molar-refractivity contribution in [3.05, 3.63) is 0 Å². The van der Waals surface area contributed by atoms with Crippen molar-refractivity contribution in [3.63, 3.8) is 0 Å². The van der Waals surface area contributed by atoms with E-state index in [0.717, 1.165) is 38.9 Å². The van der Waals surface area contributed by atoms with Gasteiger partial charge < -0.3 is 16.0 Å². The Bertz CT molecular complexity index is 291. The van der Waals surface area contributed by atoms with Gasteiger partial charge in [0.15, 0.2) is 0 Å². The molecule has 3 unspecified atom stereocenters. The van der Waals surface area contributed by atoms with Gasteiger partial charge in [0, 0.05) is 12.6 Å². The van der Waals surface area contributed by atoms with Crippen molar-refractivity contribution in [1.29, 1.82) is 0 Å². The fourth-order valence-electron chi connectivity index (χ4n) is 3.08. The molecular formula is C15H31N3O. The molecule has 0 aromatic rings. The van der Waals surface area contributed by atoms with Gasteiger partial charge in [-0.3, -0.25) is 4.79 Å². The van der Waals surface area contributed by atoms with E-state index in [1.807, 2.05) is 0 Å². The van der Waals surface area contributed by atoms with Crippen LogP contribution in [-0.2, 0) is 4.79 Å². The summed E-state index contributed by atoms with van der Waals surface area (Å²) in [5.41, 5.74) is 5.67. The molecule has 3 atom stereocenters. The molecule has 1 saturated carbocycles. The fourth-order valence-corrected chi connectivity index (χ4v) is 3.08. The summed E-state index contributed by atoms with van der Waals surface area (Å²) in [4.78, 5) is 14.7. The SMILES string of the molecule is CCN(CC)CC(C)NC(=O)C1(N)CCCC(C)C1. The first-order valence-corrected chi connectivity index (χ1v) is 7.73. The molecule has 112 valence electrons. The maximum atomic E-state index is 12.4. The number of rotatable bonds is 6. The van der Waals surface area contributed by atoms with Crippen LogP contribution >= 0.6 is 0 Å². The van der Waals surface area contributed by atoms with Crippen molar-refractivity contribution in [2.45, 2.75) is 65.0 Å². The van der Waals surface area contributed by atoms with Crippen LogP contribution in [0, 0.1) is 5.92 Å². The second-order valence-electron chi connectivity index (χ2n) is 6.22. The Morgan fingerprint density at radius 1 is 1.47 bits per heavy atom. The first-order valence-electron chi connectivity index (χ1n) is 7.73. The second-order valence-corrected chi connectivity index (χ2v) is 6.22. The summed E-state index contributed by atoms with van der Waals surface area (Å²) in [6, 6.07) is 0.157. The molecule has 1 aliphatic rings. The summed E-state index contributed by atoms with van der Waals surface area (Å²) in [6.07, 6.45) is 3.90. The molecule has 19 heavy (non-hydrogen) atoms. The van der Waals surface area contributed by atoms with Gasteiger partial charge in [-0.05, 0) is 38.8 Å². The number of amides is 1. The van der Waals surface area contributed by atoms with Gasteiger partial charge in [0.2, 0.25) is 5.91 Å². The average Bonchev–Trinajstić information content (AvgIpc) is 2.35. The molecule has 3 N–H and O–H groups in total. The van der Waals surface area contributed by atoms with Gasteiger partial charge in [-0.2, -0.15) is 0 Å². The lowest BCUT2D eigenvalue weighted by Crippen LogP contribution is -2.58. The highest BCUT2D eigenvalue weighted by Crippen LogP contribution is 2.30. The third kappa shape index (κ3) is 4.77. The Hall–Kier alpha value is -0.610. The zero-order chi connectivity index (χ0) is 14.5. The first-order chi connectivity index (χ1) is 8.91. The van der Waals surface area contributed by atoms with Crippen LogP contribution in [0.1, 0.15) is 53.4 Å². The lowest BCUT2D eigenvalue weighted by molar-refractivity contribution is -0.128. The van der Waals surface area contributed by atoms with Crippen LogP contribution in [0.15, 0.2) is 0 Å². The molecule has 4 heteroatoms. The minimum Gasteiger partial charge on any atom is -0.351 e. The highest BCUT2D eigenvalue weighted by molar-refractivity contribution is 5.86. The predicted octanol–water partition coefficient (Wildman–Crippen LogP) is 1.74. The summed E-state index contributed by atoms with van der Waals surface area (Å²) in [5.74, 6) is 0.598. The topological polar surface area (TPSA) is 58.4 Å². The molecule has 0 aliphatic heterocycles. The lowest BCUT2D eigenvalue weighted by atomic mass is 9.76. The molecule has 1 fully saturated rings. The largest absolute Gasteiger partial charge is 0.351 e. The van der Waals surface area contributed by atoms with Crippen LogP contribution in [-0.4, -0.2) is 42.0 Å². The van der Waals surface area contributed by atoms with Gasteiger partial charge in [0.05, 0.1) is 5.54 Å². The number of nitrogens with zero attached hydrogens (tertiary/aromatic N) is 1. The monoisotopic (exact) mass is 269 g/mol. The van der Waals surface area contributed by atoms with Gasteiger partial charge in [-0.1, -0.05) is 33.6 Å². The number of nitrogens with two attached hydrogens (primary N) is 1. The Morgan fingerprint density at radius 3 is 2.63 bits per heavy atom. The Balaban J connectivity index is 2.49. The maximum Gasteiger partial charge on any atom is 0.240 e. The number of nitrogens with one attached hydrogen (secondary N) is 1. The summed E-state index contributed by atoms with van der Waals surface area (Å²) in [7, 11) is 0. The Morgan fingerprint density at radius 2 is 2.11 bits per heavy atom. The molecular weight excluding hydrogens is 238 g/mol. The van der Waals surface area contributed by atoms with Crippen molar-refractivity contribution >= 4 is 5.91 Å². The van der Waals surface area contributed by atoms with Crippen molar-refractivity contribution in [1.82, 2.24) is 10.2 Å². The highest BCUT2D eigenvalue weighted by atomic mass is 16.2. The predicted molar refractivity (Wildman–Crippen MR) is 79.9 cm³/mol. The summed E-state index contributed by atoms with van der Waals surface area (Å²) in [5, 5.41) is 3.10. The van der Waals surface area contributed by atoms with Crippen molar-refractivity contribution in [2.24, 2.45) is 11.7 Å². The minimum atomic E-state index is -0.644. The van der Waals surface area contributed by atoms with Crippen LogP contribution in [0.2, 0.25) is 0 Å². The van der Waals surface area contributed by atoms with Gasteiger partial charge >= 0.3 is 0 Å². The molecule has 0 spiro atoms. The van der Waals surface area contributed by atoms with Gasteiger partial charge in [0.25, 0.3) is 0 Å². The average molecular weight is 269 g/mol. The molecule has 0 aromatic carbocycles. The molecule has 1 amide bonds. The zero-order valence-corrected chi connectivity index (χ0v) is 13.0. The number of carbonyl (C=O) groups excluding carboxylic acids is 1. The number of hydrogen-bond acceptors (Lipinski definition) is 3. The van der Waals surface area contributed by atoms with E-state index >= 15 is 0 Å². The second kappa shape index (κ2) is 7.25. The van der Waals surface area contributed by atoms with Crippen LogP contribution < -0.4 is 11.1 Å². The maximum absolute atomic E-state index is 12.4. The molecule has 0 aromatic heterocycles. The van der Waals surface area contributed by atoms with Crippen molar-refractivity contribution in [3.8, 4) is 0 Å². The Kier molecular flexibility index (Phi) is 6.27. The van der Waals surface area contributed by atoms with E-state index in [4.69, 9.17) is 5.73 Å². The quantitative estimate of drug-likeness (QED) is 0.772. The van der Waals surface area contributed by atoms with Crippen LogP contribution in [0.3, 0.4) is 0 Å². The van der Waals surface area contributed by atoms with Crippen LogP contribution in [0.4, 0.5) is 0 Å². The van der Waals surface area contributed by atoms with Gasteiger partial charge in [-0.25, -0.2) is 0 Å². The standard InChI is InChI=1S/C15H31N3O/c1-5-18(6-2)11-13(4)17-14(19)15(16)9-7-8-12(3)10-15/h12-13H,5-11,16H2,1-4H3,(H,17,19). The van der Waals surface area contributed by atoms with Crippen LogP contribution in [0.5, 0.6) is 0 Å². The van der Waals surface area contributed by atoms with E-state index in [1.54, 1.807) is 0 Å². The van der Waals surface area contributed by atoms with E-state index < -0.39 is 5.54 Å². The van der Waals surface area contributed by atoms with E-state index in [0.29, 0.717) is 5.92 Å². The van der Waals surface area contributed by atoms with Crippen molar-refractivity contribution in [2.75, 3.05) is 19.6 Å². The molecule has 0 radical (unpaired) electrons. The molecule has 0 saturated heterocycles. The van der Waals surface area contributed by atoms with Crippen LogP contribution in [0.25, 0.3) is 0 Å². The third-order valence-corrected chi connectivity index (χ3v) is 4.29.